The largest absolute Gasteiger partial charge is 0.442 e. The molecule has 0 bridgehead atoms. The van der Waals surface area contributed by atoms with Gasteiger partial charge in [-0.2, -0.15) is 0 Å². The summed E-state index contributed by atoms with van der Waals surface area (Å²) in [6, 6.07) is 28.8. The predicted molar refractivity (Wildman–Crippen MR) is 192 cm³/mol. The summed E-state index contributed by atoms with van der Waals surface area (Å²) in [5.74, 6) is 0. The second kappa shape index (κ2) is 15.8. The molecular formula is C40H52OSi2. The molecule has 0 saturated heterocycles. The second-order valence-electron chi connectivity index (χ2n) is 11.6. The average molecular weight is 605 g/mol. The Hall–Kier alpha value is -2.73. The third-order valence-electron chi connectivity index (χ3n) is 9.04. The van der Waals surface area contributed by atoms with E-state index in [1.807, 2.05) is 0 Å². The Morgan fingerprint density at radius 3 is 0.767 bits per heavy atom. The van der Waals surface area contributed by atoms with E-state index in [4.69, 9.17) is 4.12 Å². The summed E-state index contributed by atoms with van der Waals surface area (Å²) >= 11 is 0. The molecule has 0 spiro atoms. The zero-order valence-electron chi connectivity index (χ0n) is 28.0. The number of aryl methyl sites for hydroxylation is 8. The molecule has 0 atom stereocenters. The van der Waals surface area contributed by atoms with E-state index in [1.165, 1.54) is 65.3 Å². The zero-order valence-corrected chi connectivity index (χ0v) is 30.0. The predicted octanol–water partition coefficient (Wildman–Crippen LogP) is 7.11. The molecule has 0 unspecified atom stereocenters. The third kappa shape index (κ3) is 7.50. The first-order valence-electron chi connectivity index (χ1n) is 16.8. The van der Waals surface area contributed by atoms with Crippen molar-refractivity contribution in [2.45, 2.75) is 107 Å². The van der Waals surface area contributed by atoms with Gasteiger partial charge in [0.05, 0.1) is 0 Å². The Labute approximate surface area is 266 Å². The molecule has 3 heteroatoms. The van der Waals surface area contributed by atoms with Crippen LogP contribution >= 0.6 is 0 Å². The van der Waals surface area contributed by atoms with Crippen molar-refractivity contribution in [1.29, 1.82) is 0 Å². The van der Waals surface area contributed by atoms with Crippen LogP contribution in [0.15, 0.2) is 72.8 Å². The topological polar surface area (TPSA) is 9.23 Å². The summed E-state index contributed by atoms with van der Waals surface area (Å²) in [7, 11) is -3.16. The van der Waals surface area contributed by atoms with Crippen LogP contribution < -0.4 is 20.7 Å². The highest BCUT2D eigenvalue weighted by molar-refractivity contribution is 6.92. The minimum Gasteiger partial charge on any atom is -0.442 e. The smallest absolute Gasteiger partial charge is 0.273 e. The molecule has 0 saturated carbocycles. The van der Waals surface area contributed by atoms with Crippen LogP contribution in [0.4, 0.5) is 0 Å². The molecule has 0 aliphatic carbocycles. The van der Waals surface area contributed by atoms with Gasteiger partial charge in [0.2, 0.25) is 0 Å². The van der Waals surface area contributed by atoms with Crippen molar-refractivity contribution in [3.8, 4) is 0 Å². The van der Waals surface area contributed by atoms with Gasteiger partial charge in [-0.25, -0.2) is 0 Å². The highest BCUT2D eigenvalue weighted by Crippen LogP contribution is 2.16. The van der Waals surface area contributed by atoms with Crippen LogP contribution in [0.25, 0.3) is 0 Å². The summed E-state index contributed by atoms with van der Waals surface area (Å²) < 4.78 is 7.97. The van der Waals surface area contributed by atoms with Crippen LogP contribution in [0.3, 0.4) is 0 Å². The molecule has 0 fully saturated rings. The van der Waals surface area contributed by atoms with E-state index in [1.54, 1.807) is 0 Å². The Kier molecular flexibility index (Phi) is 12.2. The van der Waals surface area contributed by atoms with Gasteiger partial charge < -0.3 is 4.12 Å². The molecule has 0 amide bonds. The van der Waals surface area contributed by atoms with Gasteiger partial charge in [0, 0.05) is 0 Å². The van der Waals surface area contributed by atoms with Gasteiger partial charge in [-0.3, -0.25) is 0 Å². The van der Waals surface area contributed by atoms with E-state index < -0.39 is 18.1 Å². The maximum absolute atomic E-state index is 7.97. The highest BCUT2D eigenvalue weighted by atomic mass is 28.4. The summed E-state index contributed by atoms with van der Waals surface area (Å²) in [6.07, 6.45) is 8.23. The molecule has 4 aromatic carbocycles. The van der Waals surface area contributed by atoms with E-state index in [0.717, 1.165) is 51.4 Å². The maximum atomic E-state index is 7.97. The van der Waals surface area contributed by atoms with Crippen molar-refractivity contribution in [2.75, 3.05) is 0 Å². The van der Waals surface area contributed by atoms with Crippen molar-refractivity contribution in [3.05, 3.63) is 117 Å². The molecule has 1 nitrogen and oxygen atoms in total. The minimum atomic E-state index is -1.58. The quantitative estimate of drug-likeness (QED) is 0.139. The first kappa shape index (κ1) is 33.2. The fourth-order valence-electron chi connectivity index (χ4n) is 6.06. The lowest BCUT2D eigenvalue weighted by Gasteiger charge is -2.29. The number of hydrogen-bond donors (Lipinski definition) is 0. The van der Waals surface area contributed by atoms with E-state index in [2.05, 4.69) is 128 Å². The Bertz CT molecular complexity index is 1280. The molecule has 2 radical (unpaired) electrons. The molecule has 0 heterocycles. The van der Waals surface area contributed by atoms with Crippen LogP contribution in [-0.4, -0.2) is 18.1 Å². The van der Waals surface area contributed by atoms with Crippen molar-refractivity contribution in [2.24, 2.45) is 0 Å². The average Bonchev–Trinajstić information content (AvgIpc) is 3.07. The molecule has 0 aliphatic rings. The van der Waals surface area contributed by atoms with E-state index in [0.29, 0.717) is 0 Å². The van der Waals surface area contributed by atoms with Crippen LogP contribution in [0, 0.1) is 0 Å². The Morgan fingerprint density at radius 2 is 0.581 bits per heavy atom. The first-order valence-corrected chi connectivity index (χ1v) is 19.7. The molecule has 0 N–H and O–H groups in total. The van der Waals surface area contributed by atoms with E-state index in [9.17, 15) is 0 Å². The van der Waals surface area contributed by atoms with Gasteiger partial charge in [-0.15, -0.1) is 0 Å². The fraction of sp³-hybridized carbons (Fsp3) is 0.400. The van der Waals surface area contributed by atoms with Crippen molar-refractivity contribution in [1.82, 2.24) is 0 Å². The van der Waals surface area contributed by atoms with Gasteiger partial charge >= 0.3 is 0 Å². The third-order valence-corrected chi connectivity index (χ3v) is 14.5. The Balaban J connectivity index is 2.07. The number of hydrogen-bond acceptors (Lipinski definition) is 1. The number of benzene rings is 4. The lowest BCUT2D eigenvalue weighted by atomic mass is 10.1. The summed E-state index contributed by atoms with van der Waals surface area (Å²) in [6.45, 7) is 18.3. The second-order valence-corrected chi connectivity index (χ2v) is 15.8. The normalized spacial score (nSPS) is 11.6. The van der Waals surface area contributed by atoms with E-state index in [-0.39, 0.29) is 0 Å². The molecule has 43 heavy (non-hydrogen) atoms. The lowest BCUT2D eigenvalue weighted by molar-refractivity contribution is 0.631. The van der Waals surface area contributed by atoms with Crippen LogP contribution in [0.2, 0.25) is 0 Å². The summed E-state index contributed by atoms with van der Waals surface area (Å²) in [4.78, 5) is 0. The van der Waals surface area contributed by atoms with E-state index >= 15 is 0 Å². The van der Waals surface area contributed by atoms with Gasteiger partial charge in [-0.1, -0.05) is 128 Å². The fourth-order valence-corrected chi connectivity index (χ4v) is 12.7. The minimum absolute atomic E-state index is 1.02. The van der Waals surface area contributed by atoms with Crippen molar-refractivity contribution in [3.63, 3.8) is 0 Å². The van der Waals surface area contributed by atoms with Crippen molar-refractivity contribution >= 4 is 38.8 Å². The molecule has 4 aromatic rings. The van der Waals surface area contributed by atoms with Gasteiger partial charge in [0.15, 0.2) is 0 Å². The monoisotopic (exact) mass is 604 g/mol. The van der Waals surface area contributed by atoms with Crippen LogP contribution in [-0.2, 0) is 55.5 Å². The first-order chi connectivity index (χ1) is 20.9. The van der Waals surface area contributed by atoms with Crippen LogP contribution in [0.1, 0.15) is 99.9 Å². The molecule has 0 aliphatic heterocycles. The summed E-state index contributed by atoms with van der Waals surface area (Å²) in [5.41, 5.74) is 11.4. The summed E-state index contributed by atoms with van der Waals surface area (Å²) in [5, 5.41) is 5.80. The molecular weight excluding hydrogens is 553 g/mol. The van der Waals surface area contributed by atoms with Crippen LogP contribution in [0.5, 0.6) is 0 Å². The maximum Gasteiger partial charge on any atom is 0.273 e. The standard InChI is InChI=1S/C40H52OSi2/c1-9-29-17-21-33(13-5)37(25-29)42(38-26-30(10-2)18-22-34(38)14-6)41-43(39-27-31(11-3)19-23-35(39)15-7)40-28-32(12-4)20-24-36(40)16-8/h17-28H,9-16H2,1-8H3. The molecule has 226 valence electrons. The van der Waals surface area contributed by atoms with Gasteiger partial charge in [0.1, 0.15) is 0 Å². The lowest BCUT2D eigenvalue weighted by Crippen LogP contribution is -2.58. The number of rotatable bonds is 14. The molecule has 4 rings (SSSR count). The van der Waals surface area contributed by atoms with Gasteiger partial charge in [0.25, 0.3) is 18.1 Å². The molecule has 0 aromatic heterocycles. The zero-order chi connectivity index (χ0) is 30.9. The highest BCUT2D eigenvalue weighted by Gasteiger charge is 2.33. The van der Waals surface area contributed by atoms with Crippen molar-refractivity contribution < 1.29 is 4.12 Å². The van der Waals surface area contributed by atoms with Gasteiger partial charge in [-0.05, 0) is 117 Å². The SMILES string of the molecule is CCc1ccc(CC)c([Si](O[Si](c2cc(CC)ccc2CC)c2cc(CC)ccc2CC)c2cc(CC)ccc2CC)c1. The Morgan fingerprint density at radius 1 is 0.349 bits per heavy atom.